The molecule has 0 bridgehead atoms. The van der Waals surface area contributed by atoms with Gasteiger partial charge >= 0.3 is 0 Å². The molecule has 0 N–H and O–H groups in total. The lowest BCUT2D eigenvalue weighted by Gasteiger charge is -1.95. The summed E-state index contributed by atoms with van der Waals surface area (Å²) in [6.45, 7) is 2.26. The number of rotatable bonds is 1. The minimum atomic E-state index is 0.677. The summed E-state index contributed by atoms with van der Waals surface area (Å²) in [7, 11) is 2.17. The number of hydrogen-bond donors (Lipinski definition) is 0. The maximum Gasteiger partial charge on any atom is 0.0501 e. The van der Waals surface area contributed by atoms with Crippen molar-refractivity contribution in [2.75, 3.05) is 7.05 Å². The van der Waals surface area contributed by atoms with Gasteiger partial charge in [0.25, 0.3) is 0 Å². The Bertz CT molecular complexity index is 234. The van der Waals surface area contributed by atoms with Crippen LogP contribution in [-0.4, -0.2) is 18.0 Å². The van der Waals surface area contributed by atoms with Crippen LogP contribution < -0.4 is 0 Å². The number of nitrogens with zero attached hydrogens (tertiary/aromatic N) is 1. The van der Waals surface area contributed by atoms with Gasteiger partial charge in [0.2, 0.25) is 0 Å². The van der Waals surface area contributed by atoms with Gasteiger partial charge in [0, 0.05) is 6.04 Å². The van der Waals surface area contributed by atoms with Crippen LogP contribution in [0.3, 0.4) is 0 Å². The first-order valence-electron chi connectivity index (χ1n) is 4.07. The minimum absolute atomic E-state index is 0.677. The third kappa shape index (κ3) is 1.05. The zero-order valence-electron chi connectivity index (χ0n) is 6.99. The second kappa shape index (κ2) is 2.35. The van der Waals surface area contributed by atoms with E-state index < -0.39 is 0 Å². The van der Waals surface area contributed by atoms with Gasteiger partial charge in [-0.3, -0.25) is 4.90 Å². The van der Waals surface area contributed by atoms with Crippen molar-refractivity contribution in [3.63, 3.8) is 0 Å². The standard InChI is InChI=1S/C10H13N/c1-8-10(11(8)2)9-6-4-3-5-7-9/h3-8,10H,1-2H3. The first-order chi connectivity index (χ1) is 5.30. The molecule has 0 amide bonds. The van der Waals surface area contributed by atoms with Crippen LogP contribution in [-0.2, 0) is 0 Å². The third-order valence-electron chi connectivity index (χ3n) is 2.59. The SMILES string of the molecule is CC1C(c2ccccc2)N1C. The Kier molecular flexibility index (Phi) is 1.46. The lowest BCUT2D eigenvalue weighted by molar-refractivity contribution is 0.600. The van der Waals surface area contributed by atoms with Crippen molar-refractivity contribution in [1.29, 1.82) is 0 Å². The first kappa shape index (κ1) is 6.86. The van der Waals surface area contributed by atoms with E-state index in [-0.39, 0.29) is 0 Å². The van der Waals surface area contributed by atoms with E-state index in [1.54, 1.807) is 0 Å². The summed E-state index contributed by atoms with van der Waals surface area (Å²) < 4.78 is 0. The van der Waals surface area contributed by atoms with Crippen LogP contribution in [0.5, 0.6) is 0 Å². The quantitative estimate of drug-likeness (QED) is 0.549. The Hall–Kier alpha value is -0.820. The fraction of sp³-hybridized carbons (Fsp3) is 0.400. The van der Waals surface area contributed by atoms with Crippen molar-refractivity contribution in [3.8, 4) is 0 Å². The highest BCUT2D eigenvalue weighted by Crippen LogP contribution is 2.40. The predicted octanol–water partition coefficient (Wildman–Crippen LogP) is 2.06. The monoisotopic (exact) mass is 147 g/mol. The maximum atomic E-state index is 2.37. The topological polar surface area (TPSA) is 3.01 Å². The van der Waals surface area contributed by atoms with Crippen molar-refractivity contribution in [3.05, 3.63) is 35.9 Å². The molecule has 0 saturated carbocycles. The van der Waals surface area contributed by atoms with Crippen molar-refractivity contribution in [2.45, 2.75) is 19.0 Å². The molecule has 1 heterocycles. The molecular formula is C10H13N. The lowest BCUT2D eigenvalue weighted by Crippen LogP contribution is -1.86. The van der Waals surface area contributed by atoms with Gasteiger partial charge in [-0.05, 0) is 19.5 Å². The largest absolute Gasteiger partial charge is 0.293 e. The highest BCUT2D eigenvalue weighted by Gasteiger charge is 2.40. The van der Waals surface area contributed by atoms with Gasteiger partial charge < -0.3 is 0 Å². The molecule has 0 aliphatic carbocycles. The van der Waals surface area contributed by atoms with Gasteiger partial charge in [-0.25, -0.2) is 0 Å². The van der Waals surface area contributed by atoms with Gasteiger partial charge in [0.15, 0.2) is 0 Å². The van der Waals surface area contributed by atoms with Crippen LogP contribution in [0, 0.1) is 0 Å². The zero-order valence-corrected chi connectivity index (χ0v) is 6.99. The molecule has 3 unspecified atom stereocenters. The van der Waals surface area contributed by atoms with Crippen molar-refractivity contribution < 1.29 is 0 Å². The molecule has 1 aromatic rings. The Labute approximate surface area is 67.6 Å². The summed E-state index contributed by atoms with van der Waals surface area (Å²) in [4.78, 5) is 2.37. The van der Waals surface area contributed by atoms with Gasteiger partial charge in [0.1, 0.15) is 0 Å². The van der Waals surface area contributed by atoms with Crippen LogP contribution in [0.25, 0.3) is 0 Å². The van der Waals surface area contributed by atoms with E-state index in [4.69, 9.17) is 0 Å². The van der Waals surface area contributed by atoms with Gasteiger partial charge in [-0.15, -0.1) is 0 Å². The summed E-state index contributed by atoms with van der Waals surface area (Å²) in [5.41, 5.74) is 1.45. The van der Waals surface area contributed by atoms with Crippen molar-refractivity contribution in [1.82, 2.24) is 4.90 Å². The van der Waals surface area contributed by atoms with E-state index in [2.05, 4.69) is 49.2 Å². The summed E-state index contributed by atoms with van der Waals surface area (Å²) in [6.07, 6.45) is 0. The molecule has 1 aromatic carbocycles. The number of hydrogen-bond acceptors (Lipinski definition) is 1. The summed E-state index contributed by atoms with van der Waals surface area (Å²) in [5.74, 6) is 0. The molecular weight excluding hydrogens is 134 g/mol. The predicted molar refractivity (Wildman–Crippen MR) is 46.4 cm³/mol. The molecule has 2 rings (SSSR count). The van der Waals surface area contributed by atoms with E-state index >= 15 is 0 Å². The molecule has 1 aliphatic heterocycles. The van der Waals surface area contributed by atoms with Crippen LogP contribution in [0.1, 0.15) is 18.5 Å². The molecule has 0 radical (unpaired) electrons. The van der Waals surface area contributed by atoms with E-state index in [1.807, 2.05) is 0 Å². The second-order valence-corrected chi connectivity index (χ2v) is 3.26. The average Bonchev–Trinajstić information content (AvgIpc) is 2.62. The summed E-state index contributed by atoms with van der Waals surface area (Å²) in [5, 5.41) is 0. The van der Waals surface area contributed by atoms with Gasteiger partial charge in [-0.1, -0.05) is 30.3 Å². The smallest absolute Gasteiger partial charge is 0.0501 e. The number of benzene rings is 1. The molecule has 1 fully saturated rings. The Morgan fingerprint density at radius 3 is 2.18 bits per heavy atom. The first-order valence-corrected chi connectivity index (χ1v) is 4.07. The van der Waals surface area contributed by atoms with Crippen molar-refractivity contribution >= 4 is 0 Å². The fourth-order valence-electron chi connectivity index (χ4n) is 1.66. The molecule has 0 aromatic heterocycles. The van der Waals surface area contributed by atoms with E-state index in [0.717, 1.165) is 6.04 Å². The molecule has 11 heavy (non-hydrogen) atoms. The molecule has 0 spiro atoms. The van der Waals surface area contributed by atoms with Crippen LogP contribution in [0.4, 0.5) is 0 Å². The van der Waals surface area contributed by atoms with Crippen molar-refractivity contribution in [2.24, 2.45) is 0 Å². The van der Waals surface area contributed by atoms with Gasteiger partial charge in [0.05, 0.1) is 6.04 Å². The molecule has 1 aliphatic rings. The summed E-state index contributed by atoms with van der Waals surface area (Å²) in [6, 6.07) is 12.1. The van der Waals surface area contributed by atoms with Crippen LogP contribution >= 0.6 is 0 Å². The zero-order chi connectivity index (χ0) is 7.84. The molecule has 1 heteroatoms. The average molecular weight is 147 g/mol. The van der Waals surface area contributed by atoms with E-state index in [1.165, 1.54) is 5.56 Å². The third-order valence-corrected chi connectivity index (χ3v) is 2.59. The van der Waals surface area contributed by atoms with Crippen LogP contribution in [0.15, 0.2) is 30.3 Å². The summed E-state index contributed by atoms with van der Waals surface area (Å²) >= 11 is 0. The second-order valence-electron chi connectivity index (χ2n) is 3.26. The normalized spacial score (nSPS) is 35.3. The maximum absolute atomic E-state index is 2.37. The minimum Gasteiger partial charge on any atom is -0.293 e. The van der Waals surface area contributed by atoms with E-state index in [9.17, 15) is 0 Å². The van der Waals surface area contributed by atoms with E-state index in [0.29, 0.717) is 6.04 Å². The highest BCUT2D eigenvalue weighted by molar-refractivity contribution is 5.25. The van der Waals surface area contributed by atoms with Gasteiger partial charge in [-0.2, -0.15) is 0 Å². The molecule has 3 atom stereocenters. The molecule has 1 nitrogen and oxygen atoms in total. The Morgan fingerprint density at radius 2 is 1.73 bits per heavy atom. The number of likely N-dealkylation sites (N-methyl/N-ethyl adjacent to an activating group) is 1. The molecule has 1 saturated heterocycles. The Balaban J connectivity index is 2.20. The molecule has 58 valence electrons. The van der Waals surface area contributed by atoms with Crippen LogP contribution in [0.2, 0.25) is 0 Å². The lowest BCUT2D eigenvalue weighted by atomic mass is 10.1. The fourth-order valence-corrected chi connectivity index (χ4v) is 1.66. The highest BCUT2D eigenvalue weighted by atomic mass is 15.3. The Morgan fingerprint density at radius 1 is 1.18 bits per heavy atom.